The summed E-state index contributed by atoms with van der Waals surface area (Å²) < 4.78 is 16.0. The number of carboxylic acids is 1. The lowest BCUT2D eigenvalue weighted by Crippen LogP contribution is -2.21. The number of fused-ring (bicyclic) bond motifs is 2. The summed E-state index contributed by atoms with van der Waals surface area (Å²) >= 11 is 0. The van der Waals surface area contributed by atoms with Gasteiger partial charge in [0, 0.05) is 17.5 Å². The number of ether oxygens (including phenoxy) is 3. The molecule has 0 bridgehead atoms. The largest absolute Gasteiger partial charge is 0.478 e. The van der Waals surface area contributed by atoms with Crippen molar-refractivity contribution in [1.82, 2.24) is 0 Å². The minimum atomic E-state index is -0.983. The van der Waals surface area contributed by atoms with Crippen molar-refractivity contribution in [2.24, 2.45) is 0 Å². The Hall–Kier alpha value is -3.02. The summed E-state index contributed by atoms with van der Waals surface area (Å²) in [7, 11) is 0. The molecule has 2 aliphatic heterocycles. The quantitative estimate of drug-likeness (QED) is 0.678. The van der Waals surface area contributed by atoms with Gasteiger partial charge in [-0.1, -0.05) is 12.1 Å². The van der Waals surface area contributed by atoms with Crippen molar-refractivity contribution >= 4 is 11.9 Å². The molecule has 1 N–H and O–H groups in total. The Balaban J connectivity index is 1.78. The average Bonchev–Trinajstić information content (AvgIpc) is 2.99. The third-order valence-corrected chi connectivity index (χ3v) is 4.04. The summed E-state index contributed by atoms with van der Waals surface area (Å²) in [6.07, 6.45) is 0.194. The van der Waals surface area contributed by atoms with Gasteiger partial charge in [0.1, 0.15) is 5.75 Å². The van der Waals surface area contributed by atoms with Crippen molar-refractivity contribution < 1.29 is 28.9 Å². The van der Waals surface area contributed by atoms with Crippen LogP contribution in [0.4, 0.5) is 0 Å². The molecule has 2 heterocycles. The fourth-order valence-electron chi connectivity index (χ4n) is 2.90. The number of carbonyl (C=O) groups is 2. The number of benzene rings is 2. The van der Waals surface area contributed by atoms with Gasteiger partial charge < -0.3 is 19.3 Å². The molecule has 0 spiro atoms. The molecule has 1 atom stereocenters. The number of hydrogen-bond acceptors (Lipinski definition) is 5. The fraction of sp³-hybridized carbons (Fsp3) is 0.176. The van der Waals surface area contributed by atoms with E-state index in [0.717, 1.165) is 11.1 Å². The molecule has 4 rings (SSSR count). The molecule has 0 saturated carbocycles. The van der Waals surface area contributed by atoms with Gasteiger partial charge in [0.25, 0.3) is 0 Å². The van der Waals surface area contributed by atoms with Crippen LogP contribution in [0.2, 0.25) is 0 Å². The lowest BCUT2D eigenvalue weighted by atomic mass is 9.86. The molecular formula is C17H12O6. The molecule has 23 heavy (non-hydrogen) atoms. The maximum Gasteiger partial charge on any atom is 0.335 e. The maximum absolute atomic E-state index is 11.9. The summed E-state index contributed by atoms with van der Waals surface area (Å²) in [6.45, 7) is 0.143. The van der Waals surface area contributed by atoms with E-state index in [1.807, 2.05) is 6.07 Å². The molecule has 0 unspecified atom stereocenters. The summed E-state index contributed by atoms with van der Waals surface area (Å²) in [5.41, 5.74) is 1.89. The van der Waals surface area contributed by atoms with Gasteiger partial charge in [-0.2, -0.15) is 0 Å². The molecule has 0 aliphatic carbocycles. The van der Waals surface area contributed by atoms with E-state index in [1.54, 1.807) is 18.2 Å². The highest BCUT2D eigenvalue weighted by molar-refractivity contribution is 5.87. The van der Waals surface area contributed by atoms with Crippen LogP contribution in [0.1, 0.15) is 33.8 Å². The van der Waals surface area contributed by atoms with Gasteiger partial charge in [-0.3, -0.25) is 4.79 Å². The molecule has 0 fully saturated rings. The average molecular weight is 312 g/mol. The van der Waals surface area contributed by atoms with Crippen LogP contribution in [-0.4, -0.2) is 23.8 Å². The topological polar surface area (TPSA) is 82.1 Å². The van der Waals surface area contributed by atoms with Crippen LogP contribution in [0.5, 0.6) is 17.2 Å². The van der Waals surface area contributed by atoms with Gasteiger partial charge in [0.15, 0.2) is 11.5 Å². The van der Waals surface area contributed by atoms with E-state index in [9.17, 15) is 9.59 Å². The second-order valence-electron chi connectivity index (χ2n) is 5.40. The van der Waals surface area contributed by atoms with Crippen molar-refractivity contribution in [1.29, 1.82) is 0 Å². The fourth-order valence-corrected chi connectivity index (χ4v) is 2.90. The Morgan fingerprint density at radius 2 is 1.74 bits per heavy atom. The second kappa shape index (κ2) is 5.01. The van der Waals surface area contributed by atoms with Gasteiger partial charge in [-0.15, -0.1) is 0 Å². The summed E-state index contributed by atoms with van der Waals surface area (Å²) in [5, 5.41) is 8.99. The first-order valence-corrected chi connectivity index (χ1v) is 7.09. The van der Waals surface area contributed by atoms with Crippen LogP contribution < -0.4 is 14.2 Å². The lowest BCUT2D eigenvalue weighted by Gasteiger charge is -2.25. The van der Waals surface area contributed by atoms with Gasteiger partial charge in [0.2, 0.25) is 6.79 Å². The molecule has 0 saturated heterocycles. The summed E-state index contributed by atoms with van der Waals surface area (Å²) in [5.74, 6) is 0.112. The highest BCUT2D eigenvalue weighted by Crippen LogP contribution is 2.45. The first kappa shape index (κ1) is 13.6. The van der Waals surface area contributed by atoms with E-state index >= 15 is 0 Å². The van der Waals surface area contributed by atoms with Crippen LogP contribution in [0.3, 0.4) is 0 Å². The monoisotopic (exact) mass is 312 g/mol. The molecule has 6 nitrogen and oxygen atoms in total. The van der Waals surface area contributed by atoms with Crippen LogP contribution in [-0.2, 0) is 4.79 Å². The zero-order chi connectivity index (χ0) is 16.0. The van der Waals surface area contributed by atoms with Crippen molar-refractivity contribution in [2.45, 2.75) is 12.3 Å². The van der Waals surface area contributed by atoms with Gasteiger partial charge >= 0.3 is 11.9 Å². The van der Waals surface area contributed by atoms with Crippen molar-refractivity contribution in [3.8, 4) is 17.2 Å². The Morgan fingerprint density at radius 1 is 1.04 bits per heavy atom. The van der Waals surface area contributed by atoms with Gasteiger partial charge in [-0.05, 0) is 23.8 Å². The Bertz CT molecular complexity index is 809. The maximum atomic E-state index is 11.9. The molecule has 2 aromatic rings. The van der Waals surface area contributed by atoms with Crippen molar-refractivity contribution in [3.63, 3.8) is 0 Å². The number of carboxylic acid groups (broad SMARTS) is 1. The summed E-state index contributed by atoms with van der Waals surface area (Å²) in [4.78, 5) is 22.9. The molecule has 6 heteroatoms. The zero-order valence-corrected chi connectivity index (χ0v) is 11.9. The third kappa shape index (κ3) is 2.28. The van der Waals surface area contributed by atoms with E-state index in [4.69, 9.17) is 19.3 Å². The third-order valence-electron chi connectivity index (χ3n) is 4.04. The van der Waals surface area contributed by atoms with E-state index < -0.39 is 5.97 Å². The minimum absolute atomic E-state index is 0.143. The van der Waals surface area contributed by atoms with Crippen molar-refractivity contribution in [3.05, 3.63) is 53.1 Å². The second-order valence-corrected chi connectivity index (χ2v) is 5.40. The number of carbonyl (C=O) groups excluding carboxylic acids is 1. The first-order valence-electron chi connectivity index (χ1n) is 7.09. The molecule has 116 valence electrons. The molecular weight excluding hydrogens is 300 g/mol. The van der Waals surface area contributed by atoms with Gasteiger partial charge in [-0.25, -0.2) is 4.79 Å². The van der Waals surface area contributed by atoms with Crippen LogP contribution in [0.15, 0.2) is 36.4 Å². The Morgan fingerprint density at radius 3 is 2.43 bits per heavy atom. The molecule has 2 aromatic carbocycles. The predicted molar refractivity (Wildman–Crippen MR) is 78.1 cm³/mol. The van der Waals surface area contributed by atoms with Crippen LogP contribution >= 0.6 is 0 Å². The van der Waals surface area contributed by atoms with E-state index in [-0.39, 0.29) is 30.7 Å². The molecule has 0 radical (unpaired) electrons. The number of hydrogen-bond donors (Lipinski definition) is 1. The SMILES string of the molecule is O=C1C[C@@H](c2ccc(C(=O)O)cc2)c2cc3c(cc2O1)OCO3. The van der Waals surface area contributed by atoms with Crippen LogP contribution in [0, 0.1) is 0 Å². The first-order chi connectivity index (χ1) is 11.1. The highest BCUT2D eigenvalue weighted by atomic mass is 16.7. The number of rotatable bonds is 2. The summed E-state index contributed by atoms with van der Waals surface area (Å²) in [6, 6.07) is 9.99. The minimum Gasteiger partial charge on any atom is -0.478 e. The van der Waals surface area contributed by atoms with E-state index in [0.29, 0.717) is 17.2 Å². The number of esters is 1. The Kier molecular flexibility index (Phi) is 2.97. The van der Waals surface area contributed by atoms with Crippen LogP contribution in [0.25, 0.3) is 0 Å². The number of aromatic carboxylic acids is 1. The standard InChI is InChI=1S/C17H12O6/c18-16-6-11(9-1-3-10(4-2-9)17(19)20)12-5-14-15(22-8-21-14)7-13(12)23-16/h1-5,7,11H,6,8H2,(H,19,20)/t11-/m0/s1. The molecule has 0 aromatic heterocycles. The molecule has 0 amide bonds. The lowest BCUT2D eigenvalue weighted by molar-refractivity contribution is -0.135. The van der Waals surface area contributed by atoms with E-state index in [1.165, 1.54) is 12.1 Å². The Labute approximate surface area is 131 Å². The van der Waals surface area contributed by atoms with E-state index in [2.05, 4.69) is 0 Å². The van der Waals surface area contributed by atoms with Gasteiger partial charge in [0.05, 0.1) is 12.0 Å². The normalized spacial score (nSPS) is 18.3. The molecule has 2 aliphatic rings. The van der Waals surface area contributed by atoms with Crippen molar-refractivity contribution in [2.75, 3.05) is 6.79 Å². The highest BCUT2D eigenvalue weighted by Gasteiger charge is 2.31. The predicted octanol–water partition coefficient (Wildman–Crippen LogP) is 2.55. The zero-order valence-electron chi connectivity index (χ0n) is 11.9. The smallest absolute Gasteiger partial charge is 0.335 e.